The highest BCUT2D eigenvalue weighted by Crippen LogP contribution is 2.20. The standard InChI is InChI=1S/C16H12O3/c1-2-11-9-6-10-13(16(18)19)14(11)15(17)12-7-4-3-5-8-12/h2-10H,1H2,(H,18,19). The fraction of sp³-hybridized carbons (Fsp3) is 0. The summed E-state index contributed by atoms with van der Waals surface area (Å²) >= 11 is 0. The maximum Gasteiger partial charge on any atom is 0.336 e. The first-order chi connectivity index (χ1) is 9.15. The predicted molar refractivity (Wildman–Crippen MR) is 73.4 cm³/mol. The largest absolute Gasteiger partial charge is 0.478 e. The van der Waals surface area contributed by atoms with Gasteiger partial charge in [-0.15, -0.1) is 0 Å². The zero-order valence-corrected chi connectivity index (χ0v) is 10.2. The molecule has 0 aliphatic rings. The Hall–Kier alpha value is -2.68. The van der Waals surface area contributed by atoms with Crippen molar-refractivity contribution in [3.63, 3.8) is 0 Å². The SMILES string of the molecule is C=Cc1cccc(C(=O)O)c1C(=O)c1ccccc1. The van der Waals surface area contributed by atoms with Gasteiger partial charge in [-0.05, 0) is 11.6 Å². The smallest absolute Gasteiger partial charge is 0.336 e. The molecular weight excluding hydrogens is 240 g/mol. The van der Waals surface area contributed by atoms with Crippen LogP contribution in [-0.4, -0.2) is 16.9 Å². The van der Waals surface area contributed by atoms with Gasteiger partial charge in [0.25, 0.3) is 0 Å². The number of hydrogen-bond acceptors (Lipinski definition) is 2. The molecule has 2 aromatic carbocycles. The molecule has 19 heavy (non-hydrogen) atoms. The molecule has 0 saturated heterocycles. The van der Waals surface area contributed by atoms with Crippen molar-refractivity contribution >= 4 is 17.8 Å². The third kappa shape index (κ3) is 2.45. The molecule has 1 N–H and O–H groups in total. The Morgan fingerprint density at radius 1 is 1.00 bits per heavy atom. The van der Waals surface area contributed by atoms with Crippen LogP contribution in [0.3, 0.4) is 0 Å². The van der Waals surface area contributed by atoms with Crippen molar-refractivity contribution in [2.24, 2.45) is 0 Å². The molecule has 3 nitrogen and oxygen atoms in total. The van der Waals surface area contributed by atoms with E-state index < -0.39 is 5.97 Å². The van der Waals surface area contributed by atoms with Gasteiger partial charge < -0.3 is 5.11 Å². The molecule has 3 heteroatoms. The second-order valence-corrected chi connectivity index (χ2v) is 3.97. The topological polar surface area (TPSA) is 54.4 Å². The molecule has 94 valence electrons. The van der Waals surface area contributed by atoms with Crippen LogP contribution in [0, 0.1) is 0 Å². The lowest BCUT2D eigenvalue weighted by atomic mass is 9.93. The molecule has 0 spiro atoms. The van der Waals surface area contributed by atoms with E-state index in [0.717, 1.165) is 0 Å². The van der Waals surface area contributed by atoms with Crippen LogP contribution in [0.2, 0.25) is 0 Å². The van der Waals surface area contributed by atoms with E-state index in [4.69, 9.17) is 0 Å². The molecular formula is C16H12O3. The monoisotopic (exact) mass is 252 g/mol. The average molecular weight is 252 g/mol. The van der Waals surface area contributed by atoms with E-state index in [0.29, 0.717) is 11.1 Å². The summed E-state index contributed by atoms with van der Waals surface area (Å²) in [6.07, 6.45) is 1.49. The molecule has 0 fully saturated rings. The Morgan fingerprint density at radius 2 is 1.68 bits per heavy atom. The lowest BCUT2D eigenvalue weighted by Gasteiger charge is -2.09. The number of carbonyl (C=O) groups excluding carboxylic acids is 1. The van der Waals surface area contributed by atoms with E-state index in [9.17, 15) is 14.7 Å². The Bertz CT molecular complexity index is 642. The first-order valence-corrected chi connectivity index (χ1v) is 5.73. The maximum atomic E-state index is 12.4. The summed E-state index contributed by atoms with van der Waals surface area (Å²) in [5.74, 6) is -1.43. The molecule has 0 heterocycles. The van der Waals surface area contributed by atoms with Crippen molar-refractivity contribution in [3.05, 3.63) is 77.4 Å². The molecule has 0 aliphatic heterocycles. The number of carboxylic acid groups (broad SMARTS) is 1. The minimum absolute atomic E-state index is 0.00810. The number of aromatic carboxylic acids is 1. The highest BCUT2D eigenvalue weighted by atomic mass is 16.4. The zero-order valence-electron chi connectivity index (χ0n) is 10.2. The molecule has 0 aliphatic carbocycles. The lowest BCUT2D eigenvalue weighted by Crippen LogP contribution is -2.11. The third-order valence-corrected chi connectivity index (χ3v) is 2.81. The van der Waals surface area contributed by atoms with E-state index >= 15 is 0 Å². The van der Waals surface area contributed by atoms with Crippen molar-refractivity contribution in [1.29, 1.82) is 0 Å². The molecule has 2 rings (SSSR count). The minimum atomic E-state index is -1.12. The summed E-state index contributed by atoms with van der Waals surface area (Å²) in [5.41, 5.74) is 1.15. The van der Waals surface area contributed by atoms with Crippen molar-refractivity contribution < 1.29 is 14.7 Å². The third-order valence-electron chi connectivity index (χ3n) is 2.81. The molecule has 0 bridgehead atoms. The van der Waals surface area contributed by atoms with Gasteiger partial charge in [0.05, 0.1) is 5.56 Å². The summed E-state index contributed by atoms with van der Waals surface area (Å²) in [6.45, 7) is 3.62. The lowest BCUT2D eigenvalue weighted by molar-refractivity contribution is 0.0692. The Labute approximate surface area is 110 Å². The van der Waals surface area contributed by atoms with Crippen LogP contribution in [0.15, 0.2) is 55.1 Å². The fourth-order valence-electron chi connectivity index (χ4n) is 1.91. The van der Waals surface area contributed by atoms with Gasteiger partial charge in [0.15, 0.2) is 5.78 Å². The van der Waals surface area contributed by atoms with Crippen LogP contribution in [0.5, 0.6) is 0 Å². The van der Waals surface area contributed by atoms with Gasteiger partial charge in [0, 0.05) is 11.1 Å². The van der Waals surface area contributed by atoms with Gasteiger partial charge in [0.1, 0.15) is 0 Å². The quantitative estimate of drug-likeness (QED) is 0.850. The summed E-state index contributed by atoms with van der Waals surface area (Å²) in [4.78, 5) is 23.7. The highest BCUT2D eigenvalue weighted by molar-refractivity contribution is 6.16. The van der Waals surface area contributed by atoms with Gasteiger partial charge in [-0.3, -0.25) is 4.79 Å². The maximum absolute atomic E-state index is 12.4. The van der Waals surface area contributed by atoms with Gasteiger partial charge >= 0.3 is 5.97 Å². The summed E-state index contributed by atoms with van der Waals surface area (Å²) < 4.78 is 0. The van der Waals surface area contributed by atoms with Crippen molar-refractivity contribution in [1.82, 2.24) is 0 Å². The number of rotatable bonds is 4. The fourth-order valence-corrected chi connectivity index (χ4v) is 1.91. The first-order valence-electron chi connectivity index (χ1n) is 5.73. The Balaban J connectivity index is 2.64. The first kappa shape index (κ1) is 12.8. The van der Waals surface area contributed by atoms with Crippen molar-refractivity contribution in [2.45, 2.75) is 0 Å². The number of carboxylic acids is 1. The van der Waals surface area contributed by atoms with Crippen LogP contribution >= 0.6 is 0 Å². The summed E-state index contributed by atoms with van der Waals surface area (Å²) in [5, 5.41) is 9.19. The van der Waals surface area contributed by atoms with E-state index in [1.807, 2.05) is 0 Å². The van der Waals surface area contributed by atoms with Gasteiger partial charge in [-0.2, -0.15) is 0 Å². The molecule has 0 amide bonds. The Kier molecular flexibility index (Phi) is 3.57. The van der Waals surface area contributed by atoms with E-state index in [1.165, 1.54) is 12.1 Å². The molecule has 0 atom stereocenters. The number of hydrogen-bond donors (Lipinski definition) is 1. The molecule has 0 radical (unpaired) electrons. The number of benzene rings is 2. The Morgan fingerprint density at radius 3 is 2.26 bits per heavy atom. The van der Waals surface area contributed by atoms with Crippen molar-refractivity contribution in [3.8, 4) is 0 Å². The van der Waals surface area contributed by atoms with Crippen LogP contribution in [0.1, 0.15) is 31.8 Å². The normalized spacial score (nSPS) is 9.89. The molecule has 0 saturated carbocycles. The minimum Gasteiger partial charge on any atom is -0.478 e. The van der Waals surface area contributed by atoms with Crippen LogP contribution in [0.4, 0.5) is 0 Å². The van der Waals surface area contributed by atoms with E-state index in [-0.39, 0.29) is 16.9 Å². The highest BCUT2D eigenvalue weighted by Gasteiger charge is 2.20. The van der Waals surface area contributed by atoms with Gasteiger partial charge in [0.2, 0.25) is 0 Å². The van der Waals surface area contributed by atoms with Crippen LogP contribution in [0.25, 0.3) is 6.08 Å². The molecule has 2 aromatic rings. The second kappa shape index (κ2) is 5.31. The van der Waals surface area contributed by atoms with E-state index in [1.54, 1.807) is 42.5 Å². The number of ketones is 1. The summed E-state index contributed by atoms with van der Waals surface area (Å²) in [7, 11) is 0. The molecule has 0 aromatic heterocycles. The average Bonchev–Trinajstić information content (AvgIpc) is 2.46. The number of carbonyl (C=O) groups is 2. The van der Waals surface area contributed by atoms with Gasteiger partial charge in [-0.25, -0.2) is 4.79 Å². The van der Waals surface area contributed by atoms with Crippen molar-refractivity contribution in [2.75, 3.05) is 0 Å². The summed E-state index contributed by atoms with van der Waals surface area (Å²) in [6, 6.07) is 13.3. The van der Waals surface area contributed by atoms with E-state index in [2.05, 4.69) is 6.58 Å². The zero-order chi connectivity index (χ0) is 13.8. The second-order valence-electron chi connectivity index (χ2n) is 3.97. The van der Waals surface area contributed by atoms with Gasteiger partial charge in [-0.1, -0.05) is 55.1 Å². The predicted octanol–water partition coefficient (Wildman–Crippen LogP) is 3.26. The van der Waals surface area contributed by atoms with Crippen LogP contribution in [-0.2, 0) is 0 Å². The van der Waals surface area contributed by atoms with Crippen LogP contribution < -0.4 is 0 Å². The molecule has 0 unspecified atom stereocenters.